The largest absolute Gasteiger partial charge is 0.494 e. The monoisotopic (exact) mass is 341 g/mol. The molecule has 25 heavy (non-hydrogen) atoms. The molecule has 0 heterocycles. The normalized spacial score (nSPS) is 10.3. The number of carbonyl (C=O) groups is 2. The van der Waals surface area contributed by atoms with Crippen molar-refractivity contribution >= 4 is 17.6 Å². The first-order valence-corrected chi connectivity index (χ1v) is 8.39. The number of rotatable bonds is 9. The Hall–Kier alpha value is -2.82. The number of hydrogen-bond acceptors (Lipinski definition) is 3. The number of ether oxygens (including phenoxy) is 1. The first kappa shape index (κ1) is 18.5. The molecule has 0 radical (unpaired) electrons. The minimum Gasteiger partial charge on any atom is -0.494 e. The maximum absolute atomic E-state index is 12.1. The molecule has 132 valence electrons. The van der Waals surface area contributed by atoms with Crippen LogP contribution in [0.4, 0.5) is 5.69 Å². The summed E-state index contributed by atoms with van der Waals surface area (Å²) in [6, 6.07) is 15.1. The molecule has 0 fully saturated rings. The molecule has 2 aromatic rings. The van der Waals surface area contributed by atoms with Crippen LogP contribution in [0.1, 0.15) is 30.9 Å². The van der Waals surface area contributed by atoms with Crippen molar-refractivity contribution in [3.05, 3.63) is 59.7 Å². The first-order valence-electron chi connectivity index (χ1n) is 8.39. The second-order valence-electron chi connectivity index (χ2n) is 5.77. The second kappa shape index (κ2) is 9.47. The highest BCUT2D eigenvalue weighted by Gasteiger charge is 2.05. The van der Waals surface area contributed by atoms with E-state index in [1.807, 2.05) is 18.2 Å². The molecule has 0 saturated carbocycles. The Morgan fingerprint density at radius 1 is 1.08 bits per heavy atom. The van der Waals surface area contributed by atoms with Gasteiger partial charge in [0.2, 0.25) is 5.91 Å². The first-order chi connectivity index (χ1) is 12.1. The third-order valence-corrected chi connectivity index (χ3v) is 3.71. The van der Waals surface area contributed by atoms with E-state index in [4.69, 9.17) is 9.84 Å². The maximum atomic E-state index is 12.1. The number of carbonyl (C=O) groups excluding carboxylic acids is 1. The lowest BCUT2D eigenvalue weighted by Crippen LogP contribution is -2.14. The Balaban J connectivity index is 1.81. The van der Waals surface area contributed by atoms with E-state index in [-0.39, 0.29) is 12.3 Å². The zero-order valence-electron chi connectivity index (χ0n) is 14.3. The Morgan fingerprint density at radius 2 is 1.80 bits per heavy atom. The van der Waals surface area contributed by atoms with E-state index in [1.165, 1.54) is 5.56 Å². The zero-order chi connectivity index (χ0) is 18.1. The number of benzene rings is 2. The fourth-order valence-corrected chi connectivity index (χ4v) is 2.40. The van der Waals surface area contributed by atoms with Gasteiger partial charge < -0.3 is 15.2 Å². The molecule has 0 aliphatic rings. The van der Waals surface area contributed by atoms with Crippen LogP contribution in [-0.4, -0.2) is 23.6 Å². The van der Waals surface area contributed by atoms with Crippen molar-refractivity contribution < 1.29 is 19.4 Å². The van der Waals surface area contributed by atoms with Crippen molar-refractivity contribution in [2.45, 2.75) is 32.6 Å². The van der Waals surface area contributed by atoms with E-state index in [0.717, 1.165) is 12.0 Å². The van der Waals surface area contributed by atoms with Crippen LogP contribution in [0.2, 0.25) is 0 Å². The second-order valence-corrected chi connectivity index (χ2v) is 5.77. The van der Waals surface area contributed by atoms with Crippen molar-refractivity contribution in [2.24, 2.45) is 0 Å². The van der Waals surface area contributed by atoms with E-state index in [0.29, 0.717) is 30.9 Å². The molecular weight excluding hydrogens is 318 g/mol. The average molecular weight is 341 g/mol. The molecule has 2 N–H and O–H groups in total. The van der Waals surface area contributed by atoms with Crippen molar-refractivity contribution in [1.29, 1.82) is 0 Å². The minimum atomic E-state index is -0.828. The number of hydrogen-bond donors (Lipinski definition) is 2. The van der Waals surface area contributed by atoms with Crippen LogP contribution in [0.3, 0.4) is 0 Å². The molecule has 0 unspecified atom stereocenters. The summed E-state index contributed by atoms with van der Waals surface area (Å²) in [5.74, 6) is -0.242. The van der Waals surface area contributed by atoms with Gasteiger partial charge in [0, 0.05) is 12.1 Å². The molecule has 0 aliphatic heterocycles. The van der Waals surface area contributed by atoms with Gasteiger partial charge in [-0.05, 0) is 48.2 Å². The third-order valence-electron chi connectivity index (χ3n) is 3.71. The van der Waals surface area contributed by atoms with Crippen LogP contribution < -0.4 is 10.1 Å². The smallest absolute Gasteiger partial charge is 0.303 e. The zero-order valence-corrected chi connectivity index (χ0v) is 14.3. The van der Waals surface area contributed by atoms with Gasteiger partial charge in [0.25, 0.3) is 0 Å². The predicted molar refractivity (Wildman–Crippen MR) is 97.0 cm³/mol. The maximum Gasteiger partial charge on any atom is 0.303 e. The van der Waals surface area contributed by atoms with Crippen LogP contribution in [0.5, 0.6) is 5.75 Å². The van der Waals surface area contributed by atoms with E-state index in [2.05, 4.69) is 18.3 Å². The lowest BCUT2D eigenvalue weighted by Gasteiger charge is -2.08. The van der Waals surface area contributed by atoms with Crippen molar-refractivity contribution in [2.75, 3.05) is 11.9 Å². The van der Waals surface area contributed by atoms with E-state index < -0.39 is 5.97 Å². The van der Waals surface area contributed by atoms with Crippen LogP contribution in [0, 0.1) is 0 Å². The average Bonchev–Trinajstić information content (AvgIpc) is 2.60. The van der Waals surface area contributed by atoms with Gasteiger partial charge >= 0.3 is 5.97 Å². The molecule has 0 bridgehead atoms. The SMILES string of the molecule is CCc1cccc(CC(=O)Nc2ccc(OCCCC(=O)O)cc2)c1. The molecule has 5 nitrogen and oxygen atoms in total. The van der Waals surface area contributed by atoms with Crippen LogP contribution >= 0.6 is 0 Å². The van der Waals surface area contributed by atoms with Crippen LogP contribution in [0.15, 0.2) is 48.5 Å². The number of aliphatic carboxylic acids is 1. The van der Waals surface area contributed by atoms with E-state index in [1.54, 1.807) is 24.3 Å². The summed E-state index contributed by atoms with van der Waals surface area (Å²) in [7, 11) is 0. The topological polar surface area (TPSA) is 75.6 Å². The highest BCUT2D eigenvalue weighted by Crippen LogP contribution is 2.16. The van der Waals surface area contributed by atoms with E-state index in [9.17, 15) is 9.59 Å². The molecule has 0 saturated heterocycles. The Kier molecular flexibility index (Phi) is 7.01. The molecule has 0 aromatic heterocycles. The molecular formula is C20H23NO4. The summed E-state index contributed by atoms with van der Waals surface area (Å²) < 4.78 is 5.46. The Labute approximate surface area is 147 Å². The predicted octanol–water partition coefficient (Wildman–Crippen LogP) is 3.67. The fourth-order valence-electron chi connectivity index (χ4n) is 2.40. The van der Waals surface area contributed by atoms with Crippen molar-refractivity contribution in [3.8, 4) is 5.75 Å². The van der Waals surface area contributed by atoms with Crippen LogP contribution in [0.25, 0.3) is 0 Å². The lowest BCUT2D eigenvalue weighted by molar-refractivity contribution is -0.137. The number of nitrogens with one attached hydrogen (secondary N) is 1. The molecule has 2 rings (SSSR count). The van der Waals surface area contributed by atoms with E-state index >= 15 is 0 Å². The molecule has 0 aliphatic carbocycles. The molecule has 0 spiro atoms. The number of amides is 1. The molecule has 5 heteroatoms. The highest BCUT2D eigenvalue weighted by molar-refractivity contribution is 5.92. The van der Waals surface area contributed by atoms with Gasteiger partial charge in [-0.25, -0.2) is 0 Å². The van der Waals surface area contributed by atoms with Gasteiger partial charge in [-0.3, -0.25) is 9.59 Å². The van der Waals surface area contributed by atoms with Gasteiger partial charge in [0.1, 0.15) is 5.75 Å². The summed E-state index contributed by atoms with van der Waals surface area (Å²) in [4.78, 5) is 22.6. The number of aryl methyl sites for hydroxylation is 1. The number of carboxylic acid groups (broad SMARTS) is 1. The van der Waals surface area contributed by atoms with Gasteiger partial charge in [0.15, 0.2) is 0 Å². The van der Waals surface area contributed by atoms with Crippen molar-refractivity contribution in [3.63, 3.8) is 0 Å². The van der Waals surface area contributed by atoms with Gasteiger partial charge in [-0.15, -0.1) is 0 Å². The highest BCUT2D eigenvalue weighted by atomic mass is 16.5. The fraction of sp³-hybridized carbons (Fsp3) is 0.300. The third kappa shape index (κ3) is 6.67. The lowest BCUT2D eigenvalue weighted by atomic mass is 10.1. The quantitative estimate of drug-likeness (QED) is 0.682. The van der Waals surface area contributed by atoms with Crippen LogP contribution in [-0.2, 0) is 22.4 Å². The molecule has 2 aromatic carbocycles. The molecule has 0 atom stereocenters. The van der Waals surface area contributed by atoms with Gasteiger partial charge in [-0.2, -0.15) is 0 Å². The minimum absolute atomic E-state index is 0.0663. The molecule has 1 amide bonds. The summed E-state index contributed by atoms with van der Waals surface area (Å²) in [5.41, 5.74) is 2.92. The Morgan fingerprint density at radius 3 is 2.48 bits per heavy atom. The standard InChI is InChI=1S/C20H23NO4/c1-2-15-5-3-6-16(13-15)14-19(22)21-17-8-10-18(11-9-17)25-12-4-7-20(23)24/h3,5-6,8-11,13H,2,4,7,12,14H2,1H3,(H,21,22)(H,23,24). The summed E-state index contributed by atoms with van der Waals surface area (Å²) in [6.07, 6.45) is 1.84. The van der Waals surface area contributed by atoms with Crippen molar-refractivity contribution in [1.82, 2.24) is 0 Å². The number of carboxylic acids is 1. The van der Waals surface area contributed by atoms with Gasteiger partial charge in [-0.1, -0.05) is 31.2 Å². The van der Waals surface area contributed by atoms with Gasteiger partial charge in [0.05, 0.1) is 13.0 Å². The summed E-state index contributed by atoms with van der Waals surface area (Å²) in [6.45, 7) is 2.44. The summed E-state index contributed by atoms with van der Waals surface area (Å²) >= 11 is 0. The number of anilines is 1. The summed E-state index contributed by atoms with van der Waals surface area (Å²) in [5, 5.41) is 11.4. The Bertz CT molecular complexity index is 710.